The van der Waals surface area contributed by atoms with Gasteiger partial charge < -0.3 is 9.47 Å². The van der Waals surface area contributed by atoms with Crippen LogP contribution in [0.15, 0.2) is 65.7 Å². The van der Waals surface area contributed by atoms with Crippen molar-refractivity contribution in [3.8, 4) is 0 Å². The van der Waals surface area contributed by atoms with Crippen LogP contribution in [0.3, 0.4) is 0 Å². The molecule has 166 valence electrons. The Kier molecular flexibility index (Phi) is 7.33. The molecular formula is C28H34N4. The highest BCUT2D eigenvalue weighted by atomic mass is 15.1. The summed E-state index contributed by atoms with van der Waals surface area (Å²) in [6.07, 6.45) is 4.26. The van der Waals surface area contributed by atoms with E-state index in [-0.39, 0.29) is 0 Å². The molecule has 0 atom stereocenters. The van der Waals surface area contributed by atoms with Crippen molar-refractivity contribution in [2.24, 2.45) is 4.99 Å². The van der Waals surface area contributed by atoms with Gasteiger partial charge in [0.1, 0.15) is 0 Å². The van der Waals surface area contributed by atoms with E-state index in [4.69, 9.17) is 4.98 Å². The van der Waals surface area contributed by atoms with E-state index in [2.05, 4.69) is 95.9 Å². The normalized spacial score (nSPS) is 12.0. The number of fused-ring (bicyclic) bond motifs is 3. The highest BCUT2D eigenvalue weighted by Gasteiger charge is 2.14. The minimum Gasteiger partial charge on any atom is -0.334 e. The number of aromatic nitrogens is 2. The van der Waals surface area contributed by atoms with Crippen LogP contribution in [0.1, 0.15) is 43.6 Å². The molecule has 0 N–H and O–H groups in total. The van der Waals surface area contributed by atoms with Crippen LogP contribution in [0, 0.1) is 6.92 Å². The second kappa shape index (κ2) is 10.6. The number of aliphatic imine (C=N–C) groups is 1. The van der Waals surface area contributed by atoms with E-state index in [9.17, 15) is 0 Å². The number of rotatable bonds is 10. The largest absolute Gasteiger partial charge is 0.334 e. The fraction of sp³-hybridized carbons (Fsp3) is 0.357. The van der Waals surface area contributed by atoms with E-state index in [0.717, 1.165) is 50.5 Å². The zero-order valence-corrected chi connectivity index (χ0v) is 19.6. The summed E-state index contributed by atoms with van der Waals surface area (Å²) in [5, 5.41) is 2.53. The summed E-state index contributed by atoms with van der Waals surface area (Å²) in [7, 11) is 0. The summed E-state index contributed by atoms with van der Waals surface area (Å²) in [6.45, 7) is 11.7. The average Bonchev–Trinajstić information content (AvgIpc) is 3.13. The van der Waals surface area contributed by atoms with E-state index in [1.807, 2.05) is 6.21 Å². The number of unbranched alkanes of at least 4 members (excludes halogenated alkanes) is 1. The van der Waals surface area contributed by atoms with Gasteiger partial charge in [-0.25, -0.2) is 4.98 Å². The Morgan fingerprint density at radius 3 is 2.47 bits per heavy atom. The molecule has 4 heteroatoms. The molecule has 0 bridgehead atoms. The first-order chi connectivity index (χ1) is 15.7. The Morgan fingerprint density at radius 1 is 0.938 bits per heavy atom. The SMILES string of the molecule is CCN(CC)CCCCN=Cc1cc2c3ccccc3n(Cc3ccccc3)c2c(C)n1. The average molecular weight is 427 g/mol. The molecule has 4 rings (SSSR count). The Labute approximate surface area is 191 Å². The third kappa shape index (κ3) is 4.91. The van der Waals surface area contributed by atoms with Crippen molar-refractivity contribution in [1.29, 1.82) is 0 Å². The summed E-state index contributed by atoms with van der Waals surface area (Å²) in [6, 6.07) is 21.5. The van der Waals surface area contributed by atoms with E-state index in [1.165, 1.54) is 33.8 Å². The number of pyridine rings is 1. The van der Waals surface area contributed by atoms with Gasteiger partial charge in [0.2, 0.25) is 0 Å². The zero-order valence-electron chi connectivity index (χ0n) is 19.6. The standard InChI is InChI=1S/C28H34N4/c1-4-31(5-2)18-12-11-17-29-20-24-19-26-25-15-9-10-16-27(25)32(28(26)22(3)30-24)21-23-13-7-6-8-14-23/h6-10,13-16,19-20H,4-5,11-12,17-18,21H2,1-3H3. The van der Waals surface area contributed by atoms with Gasteiger partial charge in [-0.05, 0) is 57.1 Å². The summed E-state index contributed by atoms with van der Waals surface area (Å²) in [5.41, 5.74) is 5.76. The lowest BCUT2D eigenvalue weighted by atomic mass is 10.1. The number of nitrogens with zero attached hydrogens (tertiary/aromatic N) is 4. The molecule has 0 radical (unpaired) electrons. The van der Waals surface area contributed by atoms with Crippen LogP contribution in [0.2, 0.25) is 0 Å². The molecule has 2 aromatic carbocycles. The molecule has 2 heterocycles. The van der Waals surface area contributed by atoms with Gasteiger partial charge in [0, 0.05) is 35.6 Å². The van der Waals surface area contributed by atoms with Gasteiger partial charge in [-0.2, -0.15) is 0 Å². The predicted molar refractivity (Wildman–Crippen MR) is 137 cm³/mol. The maximum atomic E-state index is 4.89. The van der Waals surface area contributed by atoms with Gasteiger partial charge in [0.25, 0.3) is 0 Å². The van der Waals surface area contributed by atoms with Crippen LogP contribution in [0.5, 0.6) is 0 Å². The minimum atomic E-state index is 0.841. The molecule has 0 saturated heterocycles. The van der Waals surface area contributed by atoms with Gasteiger partial charge in [0.15, 0.2) is 0 Å². The molecule has 0 aliphatic heterocycles. The number of aryl methyl sites for hydroxylation is 1. The highest BCUT2D eigenvalue weighted by Crippen LogP contribution is 2.31. The summed E-state index contributed by atoms with van der Waals surface area (Å²) in [4.78, 5) is 12.0. The van der Waals surface area contributed by atoms with Crippen LogP contribution in [0.4, 0.5) is 0 Å². The fourth-order valence-electron chi connectivity index (χ4n) is 4.53. The Balaban J connectivity index is 1.58. The Morgan fingerprint density at radius 2 is 1.69 bits per heavy atom. The summed E-state index contributed by atoms with van der Waals surface area (Å²) >= 11 is 0. The van der Waals surface area contributed by atoms with Crippen molar-refractivity contribution in [2.75, 3.05) is 26.2 Å². The van der Waals surface area contributed by atoms with Crippen LogP contribution < -0.4 is 0 Å². The van der Waals surface area contributed by atoms with Crippen molar-refractivity contribution in [3.63, 3.8) is 0 Å². The Bertz CT molecular complexity index is 1190. The first kappa shape index (κ1) is 22.2. The molecule has 0 aliphatic rings. The second-order valence-electron chi connectivity index (χ2n) is 8.39. The molecule has 0 saturated carbocycles. The summed E-state index contributed by atoms with van der Waals surface area (Å²) < 4.78 is 2.40. The second-order valence-corrected chi connectivity index (χ2v) is 8.39. The van der Waals surface area contributed by atoms with Crippen molar-refractivity contribution in [3.05, 3.63) is 77.6 Å². The molecule has 4 nitrogen and oxygen atoms in total. The molecule has 0 amide bonds. The van der Waals surface area contributed by atoms with Crippen molar-refractivity contribution in [2.45, 2.75) is 40.2 Å². The lowest BCUT2D eigenvalue weighted by Gasteiger charge is -2.16. The summed E-state index contributed by atoms with van der Waals surface area (Å²) in [5.74, 6) is 0. The van der Waals surface area contributed by atoms with Crippen LogP contribution >= 0.6 is 0 Å². The molecular weight excluding hydrogens is 392 g/mol. The quantitative estimate of drug-likeness (QED) is 0.227. The number of para-hydroxylation sites is 1. The maximum Gasteiger partial charge on any atom is 0.0818 e. The lowest BCUT2D eigenvalue weighted by molar-refractivity contribution is 0.298. The molecule has 32 heavy (non-hydrogen) atoms. The molecule has 0 spiro atoms. The zero-order chi connectivity index (χ0) is 22.3. The van der Waals surface area contributed by atoms with Crippen LogP contribution in [-0.2, 0) is 6.54 Å². The Hall–Kier alpha value is -2.98. The van der Waals surface area contributed by atoms with Crippen molar-refractivity contribution < 1.29 is 0 Å². The molecule has 0 unspecified atom stereocenters. The third-order valence-electron chi connectivity index (χ3n) is 6.25. The van der Waals surface area contributed by atoms with Crippen molar-refractivity contribution >= 4 is 28.0 Å². The highest BCUT2D eigenvalue weighted by molar-refractivity contribution is 6.09. The molecule has 0 aliphatic carbocycles. The predicted octanol–water partition coefficient (Wildman–Crippen LogP) is 6.09. The van der Waals surface area contributed by atoms with E-state index in [1.54, 1.807) is 0 Å². The third-order valence-corrected chi connectivity index (χ3v) is 6.25. The molecule has 2 aromatic heterocycles. The van der Waals surface area contributed by atoms with E-state index < -0.39 is 0 Å². The van der Waals surface area contributed by atoms with Gasteiger partial charge in [0.05, 0.1) is 16.9 Å². The lowest BCUT2D eigenvalue weighted by Crippen LogP contribution is -2.23. The van der Waals surface area contributed by atoms with Gasteiger partial charge >= 0.3 is 0 Å². The van der Waals surface area contributed by atoms with Crippen molar-refractivity contribution in [1.82, 2.24) is 14.5 Å². The van der Waals surface area contributed by atoms with Gasteiger partial charge in [-0.15, -0.1) is 0 Å². The van der Waals surface area contributed by atoms with Crippen LogP contribution in [-0.4, -0.2) is 46.8 Å². The first-order valence-electron chi connectivity index (χ1n) is 11.9. The topological polar surface area (TPSA) is 33.4 Å². The number of hydrogen-bond acceptors (Lipinski definition) is 3. The van der Waals surface area contributed by atoms with Crippen LogP contribution in [0.25, 0.3) is 21.8 Å². The van der Waals surface area contributed by atoms with E-state index >= 15 is 0 Å². The molecule has 4 aromatic rings. The fourth-order valence-corrected chi connectivity index (χ4v) is 4.53. The number of benzene rings is 2. The minimum absolute atomic E-state index is 0.841. The smallest absolute Gasteiger partial charge is 0.0818 e. The molecule has 0 fully saturated rings. The first-order valence-corrected chi connectivity index (χ1v) is 11.9. The number of hydrogen-bond donors (Lipinski definition) is 0. The van der Waals surface area contributed by atoms with Gasteiger partial charge in [-0.1, -0.05) is 62.4 Å². The monoisotopic (exact) mass is 426 g/mol. The van der Waals surface area contributed by atoms with E-state index in [0.29, 0.717) is 0 Å². The van der Waals surface area contributed by atoms with Gasteiger partial charge in [-0.3, -0.25) is 4.99 Å². The maximum absolute atomic E-state index is 4.89.